The number of carbonyl (C=O) groups excluding carboxylic acids is 1. The van der Waals surface area contributed by atoms with Crippen LogP contribution in [0.25, 0.3) is 22.2 Å². The number of benzene rings is 2. The molecule has 35 heavy (non-hydrogen) atoms. The third kappa shape index (κ3) is 4.17. The molecule has 0 radical (unpaired) electrons. The monoisotopic (exact) mass is 481 g/mol. The van der Waals surface area contributed by atoms with Crippen molar-refractivity contribution in [2.24, 2.45) is 0 Å². The van der Waals surface area contributed by atoms with Gasteiger partial charge in [0.15, 0.2) is 0 Å². The van der Waals surface area contributed by atoms with E-state index in [2.05, 4.69) is 4.98 Å². The van der Waals surface area contributed by atoms with E-state index in [1.807, 2.05) is 0 Å². The van der Waals surface area contributed by atoms with Crippen molar-refractivity contribution in [3.05, 3.63) is 92.0 Å². The number of aromatic nitrogens is 3. The topological polar surface area (TPSA) is 95.3 Å². The maximum atomic E-state index is 15.1. The van der Waals surface area contributed by atoms with Crippen LogP contribution in [0.4, 0.5) is 8.78 Å². The van der Waals surface area contributed by atoms with Crippen molar-refractivity contribution < 1.29 is 23.0 Å². The Bertz CT molecular complexity index is 1570. The average molecular weight is 481 g/mol. The summed E-state index contributed by atoms with van der Waals surface area (Å²) < 4.78 is 43.3. The van der Waals surface area contributed by atoms with Crippen molar-refractivity contribution in [1.29, 1.82) is 0 Å². The van der Waals surface area contributed by atoms with E-state index in [0.29, 0.717) is 24.1 Å². The summed E-state index contributed by atoms with van der Waals surface area (Å²) in [6.45, 7) is 0.656. The summed E-state index contributed by atoms with van der Waals surface area (Å²) in [5, 5.41) is 0.330. The summed E-state index contributed by atoms with van der Waals surface area (Å²) in [5.74, 6) is -2.03. The van der Waals surface area contributed by atoms with Gasteiger partial charge in [-0.2, -0.15) is 0 Å². The number of halogens is 2. The van der Waals surface area contributed by atoms with E-state index in [9.17, 15) is 18.8 Å². The molecule has 1 fully saturated rings. The number of esters is 1. The van der Waals surface area contributed by atoms with Gasteiger partial charge in [0.05, 0.1) is 48.5 Å². The molecule has 0 saturated carbocycles. The van der Waals surface area contributed by atoms with E-state index in [0.717, 1.165) is 18.6 Å². The van der Waals surface area contributed by atoms with E-state index in [-0.39, 0.29) is 35.0 Å². The van der Waals surface area contributed by atoms with Crippen molar-refractivity contribution in [2.45, 2.75) is 25.6 Å². The molecule has 1 aliphatic heterocycles. The van der Waals surface area contributed by atoms with Gasteiger partial charge in [-0.3, -0.25) is 14.3 Å². The Hall–Kier alpha value is -4.05. The molecule has 3 heterocycles. The molecule has 2 aromatic heterocycles. The van der Waals surface area contributed by atoms with Crippen LogP contribution in [0.15, 0.2) is 58.1 Å². The SMILES string of the molecule is COC(=O)c1ccc2c(=O)n(Cc3cc(F)c(-c4cccc(=O)[nH]4)cc3F)n(C[C@@H]3CCO3)c2c1. The minimum absolute atomic E-state index is 0.0431. The molecule has 0 aliphatic carbocycles. The van der Waals surface area contributed by atoms with Crippen molar-refractivity contribution >= 4 is 16.9 Å². The fraction of sp³-hybridized carbons (Fsp3) is 0.240. The van der Waals surface area contributed by atoms with Gasteiger partial charge in [0.1, 0.15) is 11.6 Å². The van der Waals surface area contributed by atoms with Gasteiger partial charge < -0.3 is 14.5 Å². The zero-order chi connectivity index (χ0) is 24.7. The van der Waals surface area contributed by atoms with Gasteiger partial charge in [0, 0.05) is 23.8 Å². The van der Waals surface area contributed by atoms with Gasteiger partial charge in [-0.1, -0.05) is 6.07 Å². The Kier molecular flexibility index (Phi) is 5.81. The molecule has 180 valence electrons. The standard InChI is InChI=1S/C25H21F2N3O5/c1-34-25(33)14-5-6-17-22(10-14)29(13-16-7-8-35-16)30(24(17)32)12-15-9-20(27)18(11-19(15)26)21-3-2-4-23(31)28-21/h2-6,9-11,16H,7-8,12-13H2,1H3,(H,28,31)/t16-/m0/s1. The highest BCUT2D eigenvalue weighted by Gasteiger charge is 2.24. The number of hydrogen-bond donors (Lipinski definition) is 1. The van der Waals surface area contributed by atoms with Gasteiger partial charge in [0.2, 0.25) is 5.56 Å². The van der Waals surface area contributed by atoms with Gasteiger partial charge >= 0.3 is 5.97 Å². The predicted molar refractivity (Wildman–Crippen MR) is 123 cm³/mol. The summed E-state index contributed by atoms with van der Waals surface area (Å²) in [6, 6.07) is 10.8. The van der Waals surface area contributed by atoms with E-state index >= 15 is 4.39 Å². The minimum atomic E-state index is -0.741. The number of rotatable bonds is 6. The summed E-state index contributed by atoms with van der Waals surface area (Å²) in [5.41, 5.74) is -0.115. The van der Waals surface area contributed by atoms with Crippen LogP contribution in [0.5, 0.6) is 0 Å². The first-order valence-electron chi connectivity index (χ1n) is 11.0. The molecule has 10 heteroatoms. The Morgan fingerprint density at radius 3 is 2.60 bits per heavy atom. The fourth-order valence-electron chi connectivity index (χ4n) is 4.21. The highest BCUT2D eigenvalue weighted by Crippen LogP contribution is 2.25. The number of aromatic amines is 1. The number of nitrogens with one attached hydrogen (secondary N) is 1. The maximum Gasteiger partial charge on any atom is 0.337 e. The molecular formula is C25H21F2N3O5. The second kappa shape index (κ2) is 8.95. The number of hydrogen-bond acceptors (Lipinski definition) is 5. The Morgan fingerprint density at radius 2 is 1.91 bits per heavy atom. The summed E-state index contributed by atoms with van der Waals surface area (Å²) in [6.07, 6.45) is 0.647. The minimum Gasteiger partial charge on any atom is -0.465 e. The molecule has 0 amide bonds. The average Bonchev–Trinajstić information content (AvgIpc) is 3.08. The maximum absolute atomic E-state index is 15.1. The van der Waals surface area contributed by atoms with Crippen LogP contribution in [0.2, 0.25) is 0 Å². The molecular weight excluding hydrogens is 460 g/mol. The van der Waals surface area contributed by atoms with Gasteiger partial charge in [-0.25, -0.2) is 18.3 Å². The quantitative estimate of drug-likeness (QED) is 0.427. The molecule has 1 atom stereocenters. The third-order valence-corrected chi connectivity index (χ3v) is 6.14. The van der Waals surface area contributed by atoms with Crippen molar-refractivity contribution in [3.63, 3.8) is 0 Å². The molecule has 0 bridgehead atoms. The molecule has 0 spiro atoms. The number of ether oxygens (including phenoxy) is 2. The predicted octanol–water partition coefficient (Wildman–Crippen LogP) is 3.06. The molecule has 4 aromatic rings. The van der Waals surface area contributed by atoms with Gasteiger partial charge in [-0.05, 0) is 42.8 Å². The summed E-state index contributed by atoms with van der Waals surface area (Å²) in [7, 11) is 1.26. The van der Waals surface area contributed by atoms with E-state index in [1.54, 1.807) is 10.7 Å². The number of nitrogens with zero attached hydrogens (tertiary/aromatic N) is 2. The molecule has 1 aliphatic rings. The van der Waals surface area contributed by atoms with E-state index in [1.165, 1.54) is 42.1 Å². The number of carbonyl (C=O) groups is 1. The van der Waals surface area contributed by atoms with Crippen LogP contribution in [-0.4, -0.2) is 40.1 Å². The lowest BCUT2D eigenvalue weighted by atomic mass is 10.1. The van der Waals surface area contributed by atoms with Crippen LogP contribution in [0, 0.1) is 11.6 Å². The van der Waals surface area contributed by atoms with E-state index < -0.39 is 28.7 Å². The van der Waals surface area contributed by atoms with Crippen molar-refractivity contribution in [2.75, 3.05) is 13.7 Å². The first-order valence-corrected chi connectivity index (χ1v) is 11.0. The van der Waals surface area contributed by atoms with Crippen LogP contribution < -0.4 is 11.1 Å². The molecule has 1 saturated heterocycles. The number of pyridine rings is 1. The number of methoxy groups -OCH3 is 1. The van der Waals surface area contributed by atoms with Gasteiger partial charge in [0.25, 0.3) is 5.56 Å². The van der Waals surface area contributed by atoms with Gasteiger partial charge in [-0.15, -0.1) is 0 Å². The highest BCUT2D eigenvalue weighted by atomic mass is 19.1. The molecule has 2 aromatic carbocycles. The normalized spacial score (nSPS) is 15.2. The lowest BCUT2D eigenvalue weighted by Crippen LogP contribution is -2.35. The zero-order valence-electron chi connectivity index (χ0n) is 18.7. The van der Waals surface area contributed by atoms with Crippen molar-refractivity contribution in [3.8, 4) is 11.3 Å². The van der Waals surface area contributed by atoms with Crippen molar-refractivity contribution in [1.82, 2.24) is 14.3 Å². The summed E-state index contributed by atoms with van der Waals surface area (Å²) in [4.78, 5) is 39.3. The molecule has 1 N–H and O–H groups in total. The third-order valence-electron chi connectivity index (χ3n) is 6.14. The fourth-order valence-corrected chi connectivity index (χ4v) is 4.21. The zero-order valence-corrected chi connectivity index (χ0v) is 18.7. The van der Waals surface area contributed by atoms with Crippen LogP contribution in [0.1, 0.15) is 22.3 Å². The van der Waals surface area contributed by atoms with Crippen LogP contribution in [-0.2, 0) is 22.6 Å². The van der Waals surface area contributed by atoms with Crippen LogP contribution >= 0.6 is 0 Å². The Morgan fingerprint density at radius 1 is 1.11 bits per heavy atom. The second-order valence-electron chi connectivity index (χ2n) is 8.30. The first kappa shape index (κ1) is 22.7. The lowest BCUT2D eigenvalue weighted by Gasteiger charge is -2.28. The largest absolute Gasteiger partial charge is 0.465 e. The Labute approximate surface area is 197 Å². The highest BCUT2D eigenvalue weighted by molar-refractivity contribution is 5.94. The summed E-state index contributed by atoms with van der Waals surface area (Å²) >= 11 is 0. The number of fused-ring (bicyclic) bond motifs is 1. The van der Waals surface area contributed by atoms with E-state index in [4.69, 9.17) is 9.47 Å². The number of H-pyrrole nitrogens is 1. The van der Waals surface area contributed by atoms with Crippen LogP contribution in [0.3, 0.4) is 0 Å². The lowest BCUT2D eigenvalue weighted by molar-refractivity contribution is -0.0618. The molecule has 8 nitrogen and oxygen atoms in total. The molecule has 5 rings (SSSR count). The second-order valence-corrected chi connectivity index (χ2v) is 8.30. The Balaban J connectivity index is 1.60. The smallest absolute Gasteiger partial charge is 0.337 e. The molecule has 0 unspecified atom stereocenters. The first-order chi connectivity index (χ1) is 16.9.